The predicted octanol–water partition coefficient (Wildman–Crippen LogP) is 3.78. The van der Waals surface area contributed by atoms with Crippen LogP contribution in [0.3, 0.4) is 0 Å². The summed E-state index contributed by atoms with van der Waals surface area (Å²) >= 11 is 5.84. The van der Waals surface area contributed by atoms with E-state index < -0.39 is 0 Å². The molecule has 0 atom stereocenters. The second-order valence-electron chi connectivity index (χ2n) is 4.19. The third kappa shape index (κ3) is 3.94. The average molecular weight is 280 g/mol. The smallest absolute Gasteiger partial charge is 0.127 e. The van der Waals surface area contributed by atoms with Crippen molar-refractivity contribution in [1.29, 1.82) is 0 Å². The highest BCUT2D eigenvalue weighted by Crippen LogP contribution is 2.15. The van der Waals surface area contributed by atoms with Gasteiger partial charge in [0.1, 0.15) is 11.6 Å². The standard InChI is InChI=1S/C15H15ClFNO/c1-19-14-4-2-3-11(7-14)9-18-10-12-8-13(16)5-6-15(12)17/h2-8,18H,9-10H2,1H3. The lowest BCUT2D eigenvalue weighted by Crippen LogP contribution is -2.13. The Morgan fingerprint density at radius 2 is 2.00 bits per heavy atom. The zero-order valence-electron chi connectivity index (χ0n) is 10.6. The number of hydrogen-bond donors (Lipinski definition) is 1. The Kier molecular flexibility index (Phi) is 4.77. The molecule has 0 bridgehead atoms. The molecule has 0 fully saturated rings. The van der Waals surface area contributed by atoms with Crippen LogP contribution in [0.15, 0.2) is 42.5 Å². The van der Waals surface area contributed by atoms with Crippen molar-refractivity contribution < 1.29 is 9.13 Å². The molecule has 0 aliphatic heterocycles. The molecule has 0 saturated carbocycles. The van der Waals surface area contributed by atoms with Crippen molar-refractivity contribution in [3.63, 3.8) is 0 Å². The maximum atomic E-state index is 13.5. The van der Waals surface area contributed by atoms with Crippen LogP contribution in [0.5, 0.6) is 5.75 Å². The summed E-state index contributed by atoms with van der Waals surface area (Å²) in [6, 6.07) is 12.3. The van der Waals surface area contributed by atoms with E-state index in [-0.39, 0.29) is 5.82 Å². The van der Waals surface area contributed by atoms with E-state index in [0.29, 0.717) is 23.7 Å². The van der Waals surface area contributed by atoms with Gasteiger partial charge in [-0.25, -0.2) is 4.39 Å². The SMILES string of the molecule is COc1cccc(CNCc2cc(Cl)ccc2F)c1. The van der Waals surface area contributed by atoms with Gasteiger partial charge < -0.3 is 10.1 Å². The van der Waals surface area contributed by atoms with E-state index in [1.54, 1.807) is 19.2 Å². The van der Waals surface area contributed by atoms with E-state index in [0.717, 1.165) is 11.3 Å². The largest absolute Gasteiger partial charge is 0.497 e. The molecular formula is C15H15ClFNO. The van der Waals surface area contributed by atoms with Gasteiger partial charge in [-0.3, -0.25) is 0 Å². The van der Waals surface area contributed by atoms with E-state index >= 15 is 0 Å². The zero-order chi connectivity index (χ0) is 13.7. The average Bonchev–Trinajstić information content (AvgIpc) is 2.43. The molecule has 0 heterocycles. The van der Waals surface area contributed by atoms with Gasteiger partial charge in [0.05, 0.1) is 7.11 Å². The molecule has 0 amide bonds. The molecule has 19 heavy (non-hydrogen) atoms. The maximum absolute atomic E-state index is 13.5. The van der Waals surface area contributed by atoms with Crippen LogP contribution >= 0.6 is 11.6 Å². The van der Waals surface area contributed by atoms with Crippen LogP contribution in [0.25, 0.3) is 0 Å². The number of halogens is 2. The van der Waals surface area contributed by atoms with Gasteiger partial charge in [-0.05, 0) is 35.9 Å². The summed E-state index contributed by atoms with van der Waals surface area (Å²) in [4.78, 5) is 0. The Morgan fingerprint density at radius 3 is 2.79 bits per heavy atom. The van der Waals surface area contributed by atoms with E-state index in [4.69, 9.17) is 16.3 Å². The van der Waals surface area contributed by atoms with Gasteiger partial charge in [0.2, 0.25) is 0 Å². The Hall–Kier alpha value is -1.58. The van der Waals surface area contributed by atoms with Crippen molar-refractivity contribution in [2.24, 2.45) is 0 Å². The van der Waals surface area contributed by atoms with Crippen molar-refractivity contribution >= 4 is 11.6 Å². The third-order valence-corrected chi connectivity index (χ3v) is 3.02. The number of rotatable bonds is 5. The summed E-state index contributed by atoms with van der Waals surface area (Å²) in [6.07, 6.45) is 0. The lowest BCUT2D eigenvalue weighted by Gasteiger charge is -2.08. The normalized spacial score (nSPS) is 10.5. The Morgan fingerprint density at radius 1 is 1.16 bits per heavy atom. The Labute approximate surface area is 117 Å². The summed E-state index contributed by atoms with van der Waals surface area (Å²) in [5.41, 5.74) is 1.65. The summed E-state index contributed by atoms with van der Waals surface area (Å²) < 4.78 is 18.6. The minimum atomic E-state index is -0.248. The van der Waals surface area contributed by atoms with E-state index in [2.05, 4.69) is 5.32 Å². The topological polar surface area (TPSA) is 21.3 Å². The highest BCUT2D eigenvalue weighted by molar-refractivity contribution is 6.30. The Balaban J connectivity index is 1.94. The summed E-state index contributed by atoms with van der Waals surface area (Å²) in [5.74, 6) is 0.566. The molecule has 0 aromatic heterocycles. The highest BCUT2D eigenvalue weighted by Gasteiger charge is 2.03. The predicted molar refractivity (Wildman–Crippen MR) is 74.9 cm³/mol. The van der Waals surface area contributed by atoms with Gasteiger partial charge >= 0.3 is 0 Å². The quantitative estimate of drug-likeness (QED) is 0.899. The number of benzene rings is 2. The molecular weight excluding hydrogens is 265 g/mol. The van der Waals surface area contributed by atoms with Crippen molar-refractivity contribution in [2.45, 2.75) is 13.1 Å². The summed E-state index contributed by atoms with van der Waals surface area (Å²) in [6.45, 7) is 1.08. The van der Waals surface area contributed by atoms with Crippen molar-refractivity contribution in [3.8, 4) is 5.75 Å². The van der Waals surface area contributed by atoms with E-state index in [9.17, 15) is 4.39 Å². The van der Waals surface area contributed by atoms with Crippen molar-refractivity contribution in [2.75, 3.05) is 7.11 Å². The second-order valence-corrected chi connectivity index (χ2v) is 4.63. The molecule has 1 N–H and O–H groups in total. The molecule has 0 radical (unpaired) electrons. The molecule has 0 unspecified atom stereocenters. The highest BCUT2D eigenvalue weighted by atomic mass is 35.5. The zero-order valence-corrected chi connectivity index (χ0v) is 11.4. The van der Waals surface area contributed by atoms with Crippen LogP contribution in [0.4, 0.5) is 4.39 Å². The van der Waals surface area contributed by atoms with E-state index in [1.165, 1.54) is 6.07 Å². The first-order valence-electron chi connectivity index (χ1n) is 5.96. The minimum Gasteiger partial charge on any atom is -0.497 e. The fraction of sp³-hybridized carbons (Fsp3) is 0.200. The molecule has 0 aliphatic rings. The molecule has 2 nitrogen and oxygen atoms in total. The molecule has 0 saturated heterocycles. The van der Waals surface area contributed by atoms with Gasteiger partial charge in [0.25, 0.3) is 0 Å². The molecule has 2 aromatic carbocycles. The van der Waals surface area contributed by atoms with Crippen LogP contribution in [0.1, 0.15) is 11.1 Å². The van der Waals surface area contributed by atoms with E-state index in [1.807, 2.05) is 24.3 Å². The van der Waals surface area contributed by atoms with Crippen LogP contribution < -0.4 is 10.1 Å². The molecule has 2 aromatic rings. The van der Waals surface area contributed by atoms with Gasteiger partial charge in [-0.15, -0.1) is 0 Å². The lowest BCUT2D eigenvalue weighted by molar-refractivity contribution is 0.414. The van der Waals surface area contributed by atoms with Crippen LogP contribution in [0, 0.1) is 5.82 Å². The van der Waals surface area contributed by atoms with Gasteiger partial charge in [0.15, 0.2) is 0 Å². The van der Waals surface area contributed by atoms with Crippen LogP contribution in [0.2, 0.25) is 5.02 Å². The summed E-state index contributed by atoms with van der Waals surface area (Å²) in [5, 5.41) is 3.72. The molecule has 2 rings (SSSR count). The minimum absolute atomic E-state index is 0.248. The summed E-state index contributed by atoms with van der Waals surface area (Å²) in [7, 11) is 1.63. The van der Waals surface area contributed by atoms with Gasteiger partial charge in [-0.2, -0.15) is 0 Å². The monoisotopic (exact) mass is 279 g/mol. The number of nitrogens with one attached hydrogen (secondary N) is 1. The van der Waals surface area contributed by atoms with Crippen LogP contribution in [-0.2, 0) is 13.1 Å². The molecule has 100 valence electrons. The number of hydrogen-bond acceptors (Lipinski definition) is 2. The maximum Gasteiger partial charge on any atom is 0.127 e. The molecule has 0 aliphatic carbocycles. The molecule has 4 heteroatoms. The second kappa shape index (κ2) is 6.55. The first-order chi connectivity index (χ1) is 9.19. The number of ether oxygens (including phenoxy) is 1. The fourth-order valence-electron chi connectivity index (χ4n) is 1.80. The lowest BCUT2D eigenvalue weighted by atomic mass is 10.2. The molecule has 0 spiro atoms. The van der Waals surface area contributed by atoms with Crippen LogP contribution in [-0.4, -0.2) is 7.11 Å². The Bertz CT molecular complexity index is 560. The van der Waals surface area contributed by atoms with Gasteiger partial charge in [-0.1, -0.05) is 23.7 Å². The van der Waals surface area contributed by atoms with Gasteiger partial charge in [0, 0.05) is 23.7 Å². The first kappa shape index (κ1) is 13.8. The fourth-order valence-corrected chi connectivity index (χ4v) is 2.00. The first-order valence-corrected chi connectivity index (χ1v) is 6.34. The number of methoxy groups -OCH3 is 1. The van der Waals surface area contributed by atoms with Crippen molar-refractivity contribution in [1.82, 2.24) is 5.32 Å². The third-order valence-electron chi connectivity index (χ3n) is 2.79. The van der Waals surface area contributed by atoms with Crippen molar-refractivity contribution in [3.05, 3.63) is 64.4 Å².